The molecule has 1 atom stereocenters. The topological polar surface area (TPSA) is 92.7 Å². The van der Waals surface area contributed by atoms with Gasteiger partial charge in [-0.15, -0.1) is 0 Å². The van der Waals surface area contributed by atoms with E-state index < -0.39 is 21.5 Å². The number of nitrogens with one attached hydrogen (secondary N) is 1. The van der Waals surface area contributed by atoms with Crippen molar-refractivity contribution in [3.63, 3.8) is 0 Å². The lowest BCUT2D eigenvalue weighted by Gasteiger charge is -2.23. The highest BCUT2D eigenvalue weighted by molar-refractivity contribution is 9.10. The Labute approximate surface area is 125 Å². The lowest BCUT2D eigenvalue weighted by Crippen LogP contribution is -2.54. The Bertz CT molecular complexity index is 637. The van der Waals surface area contributed by atoms with Crippen LogP contribution in [0.2, 0.25) is 0 Å². The molecule has 0 aromatic heterocycles. The van der Waals surface area contributed by atoms with Crippen LogP contribution in [0.15, 0.2) is 27.6 Å². The number of aryl methyl sites for hydroxylation is 1. The zero-order chi connectivity index (χ0) is 15.0. The van der Waals surface area contributed by atoms with Crippen molar-refractivity contribution < 1.29 is 23.1 Å². The molecule has 6 nitrogen and oxygen atoms in total. The summed E-state index contributed by atoms with van der Waals surface area (Å²) in [6.45, 7) is 1.81. The monoisotopic (exact) mass is 363 g/mol. The second-order valence-electron chi connectivity index (χ2n) is 4.71. The van der Waals surface area contributed by atoms with Gasteiger partial charge in [-0.25, -0.2) is 8.42 Å². The molecule has 2 rings (SSSR count). The minimum Gasteiger partial charge on any atom is -0.480 e. The van der Waals surface area contributed by atoms with Crippen LogP contribution in [0, 0.1) is 6.92 Å². The SMILES string of the molecule is Cc1cc(S(=O)(=O)NC2(C(=O)O)CCOC2)ccc1Br. The molecule has 1 heterocycles. The number of carboxylic acids is 1. The zero-order valence-corrected chi connectivity index (χ0v) is 13.1. The van der Waals surface area contributed by atoms with Gasteiger partial charge in [-0.3, -0.25) is 4.79 Å². The first-order valence-corrected chi connectivity index (χ1v) is 8.16. The molecule has 20 heavy (non-hydrogen) atoms. The van der Waals surface area contributed by atoms with E-state index >= 15 is 0 Å². The molecule has 0 spiro atoms. The molecule has 1 aliphatic heterocycles. The number of carboxylic acid groups (broad SMARTS) is 1. The van der Waals surface area contributed by atoms with Gasteiger partial charge in [0.2, 0.25) is 10.0 Å². The molecule has 0 aliphatic carbocycles. The zero-order valence-electron chi connectivity index (χ0n) is 10.7. The van der Waals surface area contributed by atoms with Gasteiger partial charge in [0.05, 0.1) is 11.5 Å². The van der Waals surface area contributed by atoms with Crippen molar-refractivity contribution >= 4 is 31.9 Å². The molecule has 0 saturated carbocycles. The quantitative estimate of drug-likeness (QED) is 0.840. The number of hydrogen-bond acceptors (Lipinski definition) is 4. The first-order chi connectivity index (χ1) is 9.27. The average Bonchev–Trinajstić information content (AvgIpc) is 2.81. The Kier molecular flexibility index (Phi) is 4.19. The molecule has 2 N–H and O–H groups in total. The highest BCUT2D eigenvalue weighted by atomic mass is 79.9. The number of hydrogen-bond donors (Lipinski definition) is 2. The summed E-state index contributed by atoms with van der Waals surface area (Å²) < 4.78 is 32.7. The Morgan fingerprint density at radius 3 is 2.70 bits per heavy atom. The van der Waals surface area contributed by atoms with Crippen molar-refractivity contribution in [2.45, 2.75) is 23.8 Å². The van der Waals surface area contributed by atoms with Gasteiger partial charge in [-0.05, 0) is 30.7 Å². The summed E-state index contributed by atoms with van der Waals surface area (Å²) in [5.41, 5.74) is -0.834. The van der Waals surface area contributed by atoms with E-state index in [9.17, 15) is 18.3 Å². The van der Waals surface area contributed by atoms with Crippen LogP contribution < -0.4 is 4.72 Å². The second kappa shape index (κ2) is 5.44. The normalized spacial score (nSPS) is 22.9. The number of halogens is 1. The number of aliphatic carboxylic acids is 1. The van der Waals surface area contributed by atoms with Gasteiger partial charge in [-0.2, -0.15) is 4.72 Å². The summed E-state index contributed by atoms with van der Waals surface area (Å²) in [6, 6.07) is 4.52. The van der Waals surface area contributed by atoms with Gasteiger partial charge in [0.25, 0.3) is 0 Å². The fraction of sp³-hybridized carbons (Fsp3) is 0.417. The average molecular weight is 364 g/mol. The van der Waals surface area contributed by atoms with Gasteiger partial charge in [0.1, 0.15) is 0 Å². The summed E-state index contributed by atoms with van der Waals surface area (Å²) in [7, 11) is -3.92. The highest BCUT2D eigenvalue weighted by Gasteiger charge is 2.46. The van der Waals surface area contributed by atoms with Crippen LogP contribution in [0.5, 0.6) is 0 Å². The van der Waals surface area contributed by atoms with Gasteiger partial charge >= 0.3 is 5.97 Å². The van der Waals surface area contributed by atoms with Crippen molar-refractivity contribution in [3.05, 3.63) is 28.2 Å². The molecule has 1 aromatic carbocycles. The van der Waals surface area contributed by atoms with Crippen molar-refractivity contribution in [2.24, 2.45) is 0 Å². The molecule has 0 radical (unpaired) electrons. The molecule has 8 heteroatoms. The minimum atomic E-state index is -3.92. The maximum absolute atomic E-state index is 12.3. The largest absolute Gasteiger partial charge is 0.480 e. The summed E-state index contributed by atoms with van der Waals surface area (Å²) in [5.74, 6) is -1.23. The Morgan fingerprint density at radius 1 is 1.50 bits per heavy atom. The predicted molar refractivity (Wildman–Crippen MR) is 75.0 cm³/mol. The highest BCUT2D eigenvalue weighted by Crippen LogP contribution is 2.24. The van der Waals surface area contributed by atoms with Crippen LogP contribution in [0.1, 0.15) is 12.0 Å². The third-order valence-corrected chi connectivity index (χ3v) is 5.62. The van der Waals surface area contributed by atoms with E-state index in [1.165, 1.54) is 12.1 Å². The van der Waals surface area contributed by atoms with Gasteiger partial charge in [0, 0.05) is 17.5 Å². The maximum atomic E-state index is 12.3. The fourth-order valence-corrected chi connectivity index (χ4v) is 3.66. The molecular formula is C12H14BrNO5S. The molecular weight excluding hydrogens is 350 g/mol. The first kappa shape index (κ1) is 15.4. The van der Waals surface area contributed by atoms with E-state index in [0.717, 1.165) is 10.0 Å². The Morgan fingerprint density at radius 2 is 2.20 bits per heavy atom. The van der Waals surface area contributed by atoms with Crippen LogP contribution in [0.4, 0.5) is 0 Å². The lowest BCUT2D eigenvalue weighted by molar-refractivity contribution is -0.144. The molecule has 1 aromatic rings. The Balaban J connectivity index is 2.35. The standard InChI is InChI=1S/C12H14BrNO5S/c1-8-6-9(2-3-10(8)13)20(17,18)14-12(11(15)16)4-5-19-7-12/h2-3,6,14H,4-5,7H2,1H3,(H,15,16). The van der Waals surface area contributed by atoms with Crippen LogP contribution >= 0.6 is 15.9 Å². The fourth-order valence-electron chi connectivity index (χ4n) is 1.96. The van der Waals surface area contributed by atoms with E-state index in [4.69, 9.17) is 4.74 Å². The third kappa shape index (κ3) is 2.88. The molecule has 0 amide bonds. The van der Waals surface area contributed by atoms with Crippen LogP contribution in [-0.4, -0.2) is 38.2 Å². The molecule has 1 aliphatic rings. The van der Waals surface area contributed by atoms with Crippen LogP contribution in [-0.2, 0) is 19.6 Å². The molecule has 110 valence electrons. The first-order valence-electron chi connectivity index (χ1n) is 5.88. The second-order valence-corrected chi connectivity index (χ2v) is 7.24. The minimum absolute atomic E-state index is 0.0331. The van der Waals surface area contributed by atoms with Crippen LogP contribution in [0.25, 0.3) is 0 Å². The van der Waals surface area contributed by atoms with Gasteiger partial charge in [-0.1, -0.05) is 15.9 Å². The number of rotatable bonds is 4. The van der Waals surface area contributed by atoms with Crippen molar-refractivity contribution in [3.8, 4) is 0 Å². The lowest BCUT2D eigenvalue weighted by atomic mass is 10.0. The molecule has 1 fully saturated rings. The van der Waals surface area contributed by atoms with Gasteiger partial charge < -0.3 is 9.84 Å². The van der Waals surface area contributed by atoms with Crippen molar-refractivity contribution in [1.29, 1.82) is 0 Å². The van der Waals surface area contributed by atoms with Crippen molar-refractivity contribution in [2.75, 3.05) is 13.2 Å². The predicted octanol–water partition coefficient (Wildman–Crippen LogP) is 1.28. The van der Waals surface area contributed by atoms with Gasteiger partial charge in [0.15, 0.2) is 5.54 Å². The Hall–Kier alpha value is -0.960. The van der Waals surface area contributed by atoms with E-state index in [0.29, 0.717) is 0 Å². The van der Waals surface area contributed by atoms with E-state index in [1.807, 2.05) is 0 Å². The number of ether oxygens (including phenoxy) is 1. The molecule has 0 bridgehead atoms. The summed E-state index contributed by atoms with van der Waals surface area (Å²) >= 11 is 3.29. The number of carbonyl (C=O) groups is 1. The molecule has 1 unspecified atom stereocenters. The third-order valence-electron chi connectivity index (χ3n) is 3.20. The van der Waals surface area contributed by atoms with Crippen molar-refractivity contribution in [1.82, 2.24) is 4.72 Å². The van der Waals surface area contributed by atoms with E-state index in [2.05, 4.69) is 20.7 Å². The smallest absolute Gasteiger partial charge is 0.327 e. The van der Waals surface area contributed by atoms with E-state index in [-0.39, 0.29) is 24.5 Å². The summed E-state index contributed by atoms with van der Waals surface area (Å²) in [4.78, 5) is 11.4. The number of benzene rings is 1. The van der Waals surface area contributed by atoms with Crippen LogP contribution in [0.3, 0.4) is 0 Å². The maximum Gasteiger partial charge on any atom is 0.327 e. The number of sulfonamides is 1. The van der Waals surface area contributed by atoms with E-state index in [1.54, 1.807) is 13.0 Å². The summed E-state index contributed by atoms with van der Waals surface area (Å²) in [6.07, 6.45) is 0.108. The molecule has 1 saturated heterocycles. The summed E-state index contributed by atoms with van der Waals surface area (Å²) in [5, 5.41) is 9.26.